The van der Waals surface area contributed by atoms with Crippen LogP contribution in [0.25, 0.3) is 10.8 Å². The molecule has 3 nitrogen and oxygen atoms in total. The van der Waals surface area contributed by atoms with Crippen LogP contribution in [-0.2, 0) is 23.0 Å². The van der Waals surface area contributed by atoms with Crippen molar-refractivity contribution in [3.8, 4) is 0 Å². The summed E-state index contributed by atoms with van der Waals surface area (Å²) in [7, 11) is -4.26. The number of rotatable bonds is 21. The van der Waals surface area contributed by atoms with E-state index < -0.39 is 10.1 Å². The van der Waals surface area contributed by atoms with Gasteiger partial charge in [-0.3, -0.25) is 4.55 Å². The van der Waals surface area contributed by atoms with Gasteiger partial charge in [-0.15, -0.1) is 0 Å². The molecular formula is C32H52O3S. The maximum absolute atomic E-state index is 12.2. The van der Waals surface area contributed by atoms with Gasteiger partial charge in [0.25, 0.3) is 10.1 Å². The Morgan fingerprint density at radius 1 is 0.583 bits per heavy atom. The number of aryl methyl sites for hydroxylation is 2. The second-order valence-corrected chi connectivity index (χ2v) is 12.1. The standard InChI is InChI=1S/C32H52O3S/c1-3-5-7-9-11-13-15-17-19-22-28-26-27-29-23-21-25-31(36(33,34)35)32(29)30(28)24-20-18-16-14-12-10-8-6-4-2/h21,23,25-27H,3-20,22,24H2,1-2H3,(H,33,34,35). The van der Waals surface area contributed by atoms with E-state index in [-0.39, 0.29) is 4.90 Å². The fraction of sp³-hybridized carbons (Fsp3) is 0.688. The van der Waals surface area contributed by atoms with Gasteiger partial charge >= 0.3 is 0 Å². The van der Waals surface area contributed by atoms with Crippen molar-refractivity contribution in [2.45, 2.75) is 147 Å². The third-order valence-electron chi connectivity index (χ3n) is 7.57. The molecule has 1 N–H and O–H groups in total. The van der Waals surface area contributed by atoms with Crippen molar-refractivity contribution < 1.29 is 13.0 Å². The molecule has 2 rings (SSSR count). The molecule has 0 atom stereocenters. The van der Waals surface area contributed by atoms with Crippen LogP contribution in [0.4, 0.5) is 0 Å². The molecule has 2 aromatic rings. The lowest BCUT2D eigenvalue weighted by molar-refractivity contribution is 0.484. The molecule has 0 aromatic heterocycles. The van der Waals surface area contributed by atoms with Gasteiger partial charge < -0.3 is 0 Å². The van der Waals surface area contributed by atoms with Crippen LogP contribution in [0.1, 0.15) is 141 Å². The molecule has 0 aliphatic heterocycles. The van der Waals surface area contributed by atoms with Crippen molar-refractivity contribution in [1.29, 1.82) is 0 Å². The quantitative estimate of drug-likeness (QED) is 0.133. The molecule has 0 heterocycles. The summed E-state index contributed by atoms with van der Waals surface area (Å²) < 4.78 is 34.4. The second kappa shape index (κ2) is 18.0. The first kappa shape index (κ1) is 30.8. The zero-order valence-corrected chi connectivity index (χ0v) is 24.0. The molecule has 0 bridgehead atoms. The molecule has 0 aliphatic carbocycles. The van der Waals surface area contributed by atoms with E-state index in [4.69, 9.17) is 0 Å². The van der Waals surface area contributed by atoms with E-state index in [0.29, 0.717) is 0 Å². The average molecular weight is 517 g/mol. The molecular weight excluding hydrogens is 464 g/mol. The van der Waals surface area contributed by atoms with E-state index >= 15 is 0 Å². The SMILES string of the molecule is CCCCCCCCCCCc1ccc2cccc(S(=O)(=O)O)c2c1CCCCCCCCCCC. The third kappa shape index (κ3) is 11.3. The van der Waals surface area contributed by atoms with Crippen molar-refractivity contribution in [2.24, 2.45) is 0 Å². The summed E-state index contributed by atoms with van der Waals surface area (Å²) in [5.41, 5.74) is 2.41. The first-order valence-corrected chi connectivity index (χ1v) is 16.4. The van der Waals surface area contributed by atoms with E-state index in [0.717, 1.165) is 42.0 Å². The highest BCUT2D eigenvalue weighted by molar-refractivity contribution is 7.86. The predicted molar refractivity (Wildman–Crippen MR) is 156 cm³/mol. The van der Waals surface area contributed by atoms with Gasteiger partial charge in [-0.2, -0.15) is 8.42 Å². The van der Waals surface area contributed by atoms with E-state index in [2.05, 4.69) is 19.9 Å². The van der Waals surface area contributed by atoms with Crippen LogP contribution in [0.15, 0.2) is 35.2 Å². The van der Waals surface area contributed by atoms with Crippen molar-refractivity contribution in [3.63, 3.8) is 0 Å². The molecule has 36 heavy (non-hydrogen) atoms. The monoisotopic (exact) mass is 516 g/mol. The van der Waals surface area contributed by atoms with Crippen LogP contribution < -0.4 is 0 Å². The average Bonchev–Trinajstić information content (AvgIpc) is 2.86. The smallest absolute Gasteiger partial charge is 0.282 e. The number of hydrogen-bond donors (Lipinski definition) is 1. The molecule has 0 radical (unpaired) electrons. The lowest BCUT2D eigenvalue weighted by atomic mass is 9.91. The molecule has 4 heteroatoms. The Hall–Kier alpha value is -1.39. The van der Waals surface area contributed by atoms with Crippen LogP contribution >= 0.6 is 0 Å². The maximum atomic E-state index is 12.2. The Morgan fingerprint density at radius 3 is 1.56 bits per heavy atom. The van der Waals surface area contributed by atoms with Crippen LogP contribution in [0.2, 0.25) is 0 Å². The van der Waals surface area contributed by atoms with Crippen LogP contribution in [0.3, 0.4) is 0 Å². The van der Waals surface area contributed by atoms with Crippen LogP contribution in [0.5, 0.6) is 0 Å². The van der Waals surface area contributed by atoms with Gasteiger partial charge in [-0.05, 0) is 48.3 Å². The fourth-order valence-electron chi connectivity index (χ4n) is 5.43. The molecule has 2 aromatic carbocycles. The van der Waals surface area contributed by atoms with Crippen LogP contribution in [0, 0.1) is 0 Å². The Kier molecular flexibility index (Phi) is 15.4. The highest BCUT2D eigenvalue weighted by Gasteiger charge is 2.18. The third-order valence-corrected chi connectivity index (χ3v) is 8.47. The molecule has 204 valence electrons. The lowest BCUT2D eigenvalue weighted by Crippen LogP contribution is -2.04. The molecule has 0 fully saturated rings. The zero-order chi connectivity index (χ0) is 26.1. The van der Waals surface area contributed by atoms with Crippen molar-refractivity contribution in [2.75, 3.05) is 0 Å². The van der Waals surface area contributed by atoms with E-state index in [1.54, 1.807) is 12.1 Å². The Morgan fingerprint density at radius 2 is 1.06 bits per heavy atom. The summed E-state index contributed by atoms with van der Waals surface area (Å²) in [6.07, 6.45) is 25.0. The topological polar surface area (TPSA) is 54.4 Å². The first-order chi connectivity index (χ1) is 17.5. The van der Waals surface area contributed by atoms with E-state index in [9.17, 15) is 13.0 Å². The number of unbranched alkanes of at least 4 members (excludes halogenated alkanes) is 16. The minimum Gasteiger partial charge on any atom is -0.282 e. The number of hydrogen-bond acceptors (Lipinski definition) is 2. The molecule has 0 amide bonds. The minimum absolute atomic E-state index is 0.0693. The lowest BCUT2D eigenvalue weighted by Gasteiger charge is -2.16. The largest absolute Gasteiger partial charge is 0.295 e. The first-order valence-electron chi connectivity index (χ1n) is 15.0. The van der Waals surface area contributed by atoms with Gasteiger partial charge in [0.1, 0.15) is 4.90 Å². The van der Waals surface area contributed by atoms with Gasteiger partial charge in [0.15, 0.2) is 0 Å². The maximum Gasteiger partial charge on any atom is 0.295 e. The molecule has 0 spiro atoms. The Bertz CT molecular complexity index is 965. The highest BCUT2D eigenvalue weighted by Crippen LogP contribution is 2.31. The van der Waals surface area contributed by atoms with Gasteiger partial charge in [0.05, 0.1) is 0 Å². The Labute approximate surface area is 222 Å². The van der Waals surface area contributed by atoms with Crippen molar-refractivity contribution >= 4 is 20.9 Å². The molecule has 0 unspecified atom stereocenters. The van der Waals surface area contributed by atoms with E-state index in [1.807, 2.05) is 12.1 Å². The van der Waals surface area contributed by atoms with Gasteiger partial charge in [-0.25, -0.2) is 0 Å². The summed E-state index contributed by atoms with van der Waals surface area (Å²) in [4.78, 5) is 0.0693. The second-order valence-electron chi connectivity index (χ2n) is 10.7. The van der Waals surface area contributed by atoms with E-state index in [1.165, 1.54) is 108 Å². The highest BCUT2D eigenvalue weighted by atomic mass is 32.2. The number of benzene rings is 2. The van der Waals surface area contributed by atoms with Gasteiger partial charge in [0, 0.05) is 5.39 Å². The molecule has 0 aliphatic rings. The summed E-state index contributed by atoms with van der Waals surface area (Å²) >= 11 is 0. The predicted octanol–water partition coefficient (Wildman–Crippen LogP) is 10.2. The number of fused-ring (bicyclic) bond motifs is 1. The van der Waals surface area contributed by atoms with Gasteiger partial charge in [-0.1, -0.05) is 141 Å². The Balaban J connectivity index is 1.99. The summed E-state index contributed by atoms with van der Waals surface area (Å²) in [6, 6.07) is 9.48. The minimum atomic E-state index is -4.26. The molecule has 0 saturated heterocycles. The normalized spacial score (nSPS) is 12.0. The van der Waals surface area contributed by atoms with Crippen molar-refractivity contribution in [3.05, 3.63) is 41.5 Å². The fourth-order valence-corrected chi connectivity index (χ4v) is 6.18. The molecule has 0 saturated carbocycles. The zero-order valence-electron chi connectivity index (χ0n) is 23.2. The van der Waals surface area contributed by atoms with Crippen LogP contribution in [-0.4, -0.2) is 13.0 Å². The summed E-state index contributed by atoms with van der Waals surface area (Å²) in [5, 5.41) is 1.65. The summed E-state index contributed by atoms with van der Waals surface area (Å²) in [6.45, 7) is 4.51. The van der Waals surface area contributed by atoms with Gasteiger partial charge in [0.2, 0.25) is 0 Å². The summed E-state index contributed by atoms with van der Waals surface area (Å²) in [5.74, 6) is 0. The van der Waals surface area contributed by atoms with Crippen molar-refractivity contribution in [1.82, 2.24) is 0 Å².